The van der Waals surface area contributed by atoms with Crippen LogP contribution in [-0.2, 0) is 11.4 Å². The predicted molar refractivity (Wildman–Crippen MR) is 122 cm³/mol. The molecule has 1 amide bonds. The lowest BCUT2D eigenvalue weighted by Crippen LogP contribution is -2.07. The molecule has 0 radical (unpaired) electrons. The summed E-state index contributed by atoms with van der Waals surface area (Å²) in [6.07, 6.45) is 0. The van der Waals surface area contributed by atoms with Gasteiger partial charge in [0.15, 0.2) is 5.78 Å². The molecule has 3 aromatic carbocycles. The zero-order chi connectivity index (χ0) is 22.7. The SMILES string of the molecule is CC(=O)Nc1ccc2c(COc3ccc(C(=O)c4ccc(Cl)cc4)cc3)cc(=O)oc2c1. The average molecular weight is 448 g/mol. The molecule has 1 N–H and O–H groups in total. The highest BCUT2D eigenvalue weighted by Crippen LogP contribution is 2.23. The lowest BCUT2D eigenvalue weighted by Gasteiger charge is -2.10. The van der Waals surface area contributed by atoms with E-state index in [9.17, 15) is 14.4 Å². The maximum atomic E-state index is 12.6. The summed E-state index contributed by atoms with van der Waals surface area (Å²) in [5.74, 6) is 0.216. The quantitative estimate of drug-likeness (QED) is 0.323. The Labute approximate surface area is 188 Å². The van der Waals surface area contributed by atoms with Gasteiger partial charge in [0.2, 0.25) is 5.91 Å². The second-order valence-electron chi connectivity index (χ2n) is 7.13. The number of carbonyl (C=O) groups excluding carboxylic acids is 2. The normalized spacial score (nSPS) is 10.7. The molecule has 1 aromatic heterocycles. The number of ketones is 1. The molecule has 0 saturated carbocycles. The number of rotatable bonds is 6. The third-order valence-corrected chi connectivity index (χ3v) is 5.02. The summed E-state index contributed by atoms with van der Waals surface area (Å²) < 4.78 is 11.1. The second kappa shape index (κ2) is 9.08. The Hall–Kier alpha value is -3.90. The number of ether oxygens (including phenoxy) is 1. The molecule has 1 heterocycles. The van der Waals surface area contributed by atoms with Crippen molar-refractivity contribution in [1.82, 2.24) is 0 Å². The summed E-state index contributed by atoms with van der Waals surface area (Å²) in [5, 5.41) is 3.93. The van der Waals surface area contributed by atoms with E-state index in [-0.39, 0.29) is 18.3 Å². The minimum Gasteiger partial charge on any atom is -0.489 e. The van der Waals surface area contributed by atoms with Gasteiger partial charge >= 0.3 is 5.63 Å². The number of anilines is 1. The highest BCUT2D eigenvalue weighted by atomic mass is 35.5. The molecule has 4 rings (SSSR count). The fraction of sp³-hybridized carbons (Fsp3) is 0.0800. The van der Waals surface area contributed by atoms with Crippen LogP contribution in [0.15, 0.2) is 82.0 Å². The van der Waals surface area contributed by atoms with E-state index >= 15 is 0 Å². The van der Waals surface area contributed by atoms with Crippen LogP contribution in [-0.4, -0.2) is 11.7 Å². The molecule has 0 aliphatic carbocycles. The van der Waals surface area contributed by atoms with Crippen molar-refractivity contribution in [3.8, 4) is 5.75 Å². The van der Waals surface area contributed by atoms with Crippen LogP contribution in [0, 0.1) is 0 Å². The molecule has 6 nitrogen and oxygen atoms in total. The Bertz CT molecular complexity index is 1360. The zero-order valence-corrected chi connectivity index (χ0v) is 17.8. The molecule has 0 aliphatic rings. The van der Waals surface area contributed by atoms with Crippen LogP contribution in [0.1, 0.15) is 28.4 Å². The van der Waals surface area contributed by atoms with E-state index < -0.39 is 5.63 Å². The van der Waals surface area contributed by atoms with Crippen LogP contribution in [0.25, 0.3) is 11.0 Å². The number of hydrogen-bond acceptors (Lipinski definition) is 5. The lowest BCUT2D eigenvalue weighted by molar-refractivity contribution is -0.114. The van der Waals surface area contributed by atoms with Crippen LogP contribution in [0.4, 0.5) is 5.69 Å². The van der Waals surface area contributed by atoms with Crippen molar-refractivity contribution in [3.05, 3.63) is 105 Å². The van der Waals surface area contributed by atoms with E-state index in [1.807, 2.05) is 0 Å². The minimum atomic E-state index is -0.514. The fourth-order valence-electron chi connectivity index (χ4n) is 3.26. The molecule has 0 fully saturated rings. The third-order valence-electron chi connectivity index (χ3n) is 4.77. The van der Waals surface area contributed by atoms with Crippen molar-refractivity contribution in [2.75, 3.05) is 5.32 Å². The number of nitrogens with one attached hydrogen (secondary N) is 1. The van der Waals surface area contributed by atoms with Crippen molar-refractivity contribution >= 4 is 39.9 Å². The highest BCUT2D eigenvalue weighted by Gasteiger charge is 2.11. The van der Waals surface area contributed by atoms with E-state index in [1.54, 1.807) is 66.7 Å². The van der Waals surface area contributed by atoms with E-state index in [1.165, 1.54) is 13.0 Å². The second-order valence-corrected chi connectivity index (χ2v) is 7.57. The Kier molecular flexibility index (Phi) is 6.05. The van der Waals surface area contributed by atoms with E-state index in [4.69, 9.17) is 20.8 Å². The number of hydrogen-bond donors (Lipinski definition) is 1. The van der Waals surface area contributed by atoms with Gasteiger partial charge in [0.05, 0.1) is 0 Å². The summed E-state index contributed by atoms with van der Waals surface area (Å²) in [4.78, 5) is 35.8. The van der Waals surface area contributed by atoms with Gasteiger partial charge in [0, 0.05) is 51.8 Å². The molecule has 0 unspecified atom stereocenters. The first kappa shape index (κ1) is 21.3. The maximum Gasteiger partial charge on any atom is 0.336 e. The average Bonchev–Trinajstić information content (AvgIpc) is 2.77. The Balaban J connectivity index is 1.50. The van der Waals surface area contributed by atoms with Crippen LogP contribution in [0.3, 0.4) is 0 Å². The van der Waals surface area contributed by atoms with Gasteiger partial charge in [-0.15, -0.1) is 0 Å². The lowest BCUT2D eigenvalue weighted by atomic mass is 10.0. The number of benzene rings is 3. The number of halogens is 1. The molecule has 32 heavy (non-hydrogen) atoms. The topological polar surface area (TPSA) is 85.6 Å². The number of fused-ring (bicyclic) bond motifs is 1. The summed E-state index contributed by atoms with van der Waals surface area (Å²) in [5.41, 5.74) is 2.09. The van der Waals surface area contributed by atoms with Gasteiger partial charge in [0.25, 0.3) is 0 Å². The molecule has 0 spiro atoms. The van der Waals surface area contributed by atoms with E-state index in [0.717, 1.165) is 0 Å². The monoisotopic (exact) mass is 447 g/mol. The number of carbonyl (C=O) groups is 2. The summed E-state index contributed by atoms with van der Waals surface area (Å²) >= 11 is 5.87. The predicted octanol–water partition coefficient (Wildman–Crippen LogP) is 5.21. The van der Waals surface area contributed by atoms with E-state index in [0.29, 0.717) is 44.1 Å². The van der Waals surface area contributed by atoms with Crippen LogP contribution in [0.5, 0.6) is 5.75 Å². The van der Waals surface area contributed by atoms with Gasteiger partial charge < -0.3 is 14.5 Å². The van der Waals surface area contributed by atoms with Crippen molar-refractivity contribution in [3.63, 3.8) is 0 Å². The first-order chi connectivity index (χ1) is 15.4. The largest absolute Gasteiger partial charge is 0.489 e. The molecule has 4 aromatic rings. The molecule has 0 aliphatic heterocycles. The molecule has 160 valence electrons. The van der Waals surface area contributed by atoms with Gasteiger partial charge in [-0.25, -0.2) is 4.79 Å². The number of amides is 1. The van der Waals surface area contributed by atoms with Gasteiger partial charge in [-0.05, 0) is 60.7 Å². The van der Waals surface area contributed by atoms with Crippen LogP contribution < -0.4 is 15.7 Å². The zero-order valence-electron chi connectivity index (χ0n) is 17.1. The minimum absolute atomic E-state index is 0.116. The third kappa shape index (κ3) is 4.87. The first-order valence-corrected chi connectivity index (χ1v) is 10.1. The Morgan fingerprint density at radius 2 is 1.59 bits per heavy atom. The van der Waals surface area contributed by atoms with Crippen molar-refractivity contribution in [2.24, 2.45) is 0 Å². The van der Waals surface area contributed by atoms with E-state index in [2.05, 4.69) is 5.32 Å². The molecule has 0 saturated heterocycles. The first-order valence-electron chi connectivity index (χ1n) is 9.76. The Morgan fingerprint density at radius 3 is 2.25 bits per heavy atom. The van der Waals surface area contributed by atoms with Crippen molar-refractivity contribution in [1.29, 1.82) is 0 Å². The summed E-state index contributed by atoms with van der Waals surface area (Å²) in [6.45, 7) is 1.53. The van der Waals surface area contributed by atoms with Gasteiger partial charge in [-0.1, -0.05) is 11.6 Å². The standard InChI is InChI=1S/C25H18ClNO5/c1-15(28)27-20-8-11-22-18(12-24(29)32-23(22)13-20)14-31-21-9-4-17(5-10-21)25(30)16-2-6-19(26)7-3-16/h2-13H,14H2,1H3,(H,27,28). The van der Waals surface area contributed by atoms with Crippen LogP contribution >= 0.6 is 11.6 Å². The maximum absolute atomic E-state index is 12.6. The van der Waals surface area contributed by atoms with Crippen molar-refractivity contribution in [2.45, 2.75) is 13.5 Å². The molecular weight excluding hydrogens is 430 g/mol. The molecular formula is C25H18ClNO5. The molecule has 0 bridgehead atoms. The smallest absolute Gasteiger partial charge is 0.336 e. The summed E-state index contributed by atoms with van der Waals surface area (Å²) in [6, 6.07) is 19.9. The molecule has 0 atom stereocenters. The van der Waals surface area contributed by atoms with Gasteiger partial charge in [-0.2, -0.15) is 0 Å². The summed E-state index contributed by atoms with van der Waals surface area (Å²) in [7, 11) is 0. The van der Waals surface area contributed by atoms with Crippen LogP contribution in [0.2, 0.25) is 5.02 Å². The van der Waals surface area contributed by atoms with Crippen molar-refractivity contribution < 1.29 is 18.7 Å². The van der Waals surface area contributed by atoms with Gasteiger partial charge in [-0.3, -0.25) is 9.59 Å². The Morgan fingerprint density at radius 1 is 0.938 bits per heavy atom. The van der Waals surface area contributed by atoms with Gasteiger partial charge in [0.1, 0.15) is 17.9 Å². The molecule has 7 heteroatoms. The highest BCUT2D eigenvalue weighted by molar-refractivity contribution is 6.30. The fourth-order valence-corrected chi connectivity index (χ4v) is 3.39.